The lowest BCUT2D eigenvalue weighted by atomic mass is 9.60. The van der Waals surface area contributed by atoms with E-state index < -0.39 is 0 Å². The van der Waals surface area contributed by atoms with E-state index in [9.17, 15) is 0 Å². The molecule has 3 unspecified atom stereocenters. The van der Waals surface area contributed by atoms with Crippen LogP contribution in [0.3, 0.4) is 0 Å². The van der Waals surface area contributed by atoms with Crippen LogP contribution >= 0.6 is 0 Å². The lowest BCUT2D eigenvalue weighted by Crippen LogP contribution is -2.63. The van der Waals surface area contributed by atoms with Crippen molar-refractivity contribution >= 4 is 0 Å². The SMILES string of the molecule is CCOC(C)CNC1CC(OCC)C12CCCC2. The summed E-state index contributed by atoms with van der Waals surface area (Å²) in [5, 5.41) is 3.72. The average molecular weight is 255 g/mol. The van der Waals surface area contributed by atoms with Gasteiger partial charge in [-0.15, -0.1) is 0 Å². The van der Waals surface area contributed by atoms with Gasteiger partial charge in [0.25, 0.3) is 0 Å². The molecular formula is C15H29NO2. The van der Waals surface area contributed by atoms with Crippen molar-refractivity contribution in [2.75, 3.05) is 19.8 Å². The zero-order chi connectivity index (χ0) is 13.0. The second-order valence-electron chi connectivity index (χ2n) is 5.85. The average Bonchev–Trinajstić information content (AvgIpc) is 2.85. The highest BCUT2D eigenvalue weighted by molar-refractivity contribution is 5.10. The number of nitrogens with one attached hydrogen (secondary N) is 1. The van der Waals surface area contributed by atoms with Crippen LogP contribution in [0.1, 0.15) is 52.9 Å². The molecule has 0 aliphatic heterocycles. The molecule has 2 fully saturated rings. The van der Waals surface area contributed by atoms with Crippen molar-refractivity contribution in [3.63, 3.8) is 0 Å². The highest BCUT2D eigenvalue weighted by Gasteiger charge is 2.56. The van der Waals surface area contributed by atoms with Gasteiger partial charge in [-0.05, 0) is 40.0 Å². The molecular weight excluding hydrogens is 226 g/mol. The summed E-state index contributed by atoms with van der Waals surface area (Å²) in [5.41, 5.74) is 0.446. The van der Waals surface area contributed by atoms with E-state index in [2.05, 4.69) is 26.1 Å². The summed E-state index contributed by atoms with van der Waals surface area (Å²) in [6.45, 7) is 8.95. The summed E-state index contributed by atoms with van der Waals surface area (Å²) in [6.07, 6.45) is 7.46. The Balaban J connectivity index is 1.82. The standard InChI is InChI=1S/C15H29NO2/c1-4-17-12(3)11-16-13-10-14(18-5-2)15(13)8-6-7-9-15/h12-14,16H,4-11H2,1-3H3. The first kappa shape index (κ1) is 14.3. The van der Waals surface area contributed by atoms with Crippen molar-refractivity contribution in [2.24, 2.45) is 5.41 Å². The first-order valence-corrected chi connectivity index (χ1v) is 7.69. The molecule has 0 aromatic heterocycles. The molecule has 106 valence electrons. The molecule has 1 N–H and O–H groups in total. The third-order valence-electron chi connectivity index (χ3n) is 4.79. The molecule has 0 bridgehead atoms. The lowest BCUT2D eigenvalue weighted by Gasteiger charge is -2.54. The van der Waals surface area contributed by atoms with Crippen molar-refractivity contribution < 1.29 is 9.47 Å². The highest BCUT2D eigenvalue weighted by Crippen LogP contribution is 2.54. The Morgan fingerprint density at radius 3 is 2.56 bits per heavy atom. The highest BCUT2D eigenvalue weighted by atomic mass is 16.5. The van der Waals surface area contributed by atoms with E-state index in [-0.39, 0.29) is 0 Å². The predicted octanol–water partition coefficient (Wildman–Crippen LogP) is 2.74. The summed E-state index contributed by atoms with van der Waals surface area (Å²) in [6, 6.07) is 0.652. The predicted molar refractivity (Wildman–Crippen MR) is 73.8 cm³/mol. The Morgan fingerprint density at radius 1 is 1.22 bits per heavy atom. The van der Waals surface area contributed by atoms with Gasteiger partial charge < -0.3 is 14.8 Å². The fourth-order valence-corrected chi connectivity index (χ4v) is 3.82. The smallest absolute Gasteiger partial charge is 0.0671 e. The van der Waals surface area contributed by atoms with Crippen LogP contribution in [0.15, 0.2) is 0 Å². The summed E-state index contributed by atoms with van der Waals surface area (Å²) in [5.74, 6) is 0. The second kappa shape index (κ2) is 6.36. The molecule has 3 nitrogen and oxygen atoms in total. The van der Waals surface area contributed by atoms with Crippen LogP contribution in [0, 0.1) is 5.41 Å². The normalized spacial score (nSPS) is 31.5. The van der Waals surface area contributed by atoms with E-state index in [4.69, 9.17) is 9.47 Å². The van der Waals surface area contributed by atoms with Crippen molar-refractivity contribution in [3.8, 4) is 0 Å². The van der Waals surface area contributed by atoms with Gasteiger partial charge in [-0.25, -0.2) is 0 Å². The van der Waals surface area contributed by atoms with E-state index in [1.807, 2.05) is 0 Å². The van der Waals surface area contributed by atoms with Gasteiger partial charge in [0.15, 0.2) is 0 Å². The molecule has 0 aromatic carbocycles. The van der Waals surface area contributed by atoms with E-state index in [1.165, 1.54) is 32.1 Å². The van der Waals surface area contributed by atoms with Crippen molar-refractivity contribution in [2.45, 2.75) is 71.1 Å². The summed E-state index contributed by atoms with van der Waals surface area (Å²) >= 11 is 0. The molecule has 1 spiro atoms. The van der Waals surface area contributed by atoms with Crippen LogP contribution in [0.2, 0.25) is 0 Å². The quantitative estimate of drug-likeness (QED) is 0.759. The fourth-order valence-electron chi connectivity index (χ4n) is 3.82. The topological polar surface area (TPSA) is 30.5 Å². The van der Waals surface area contributed by atoms with E-state index >= 15 is 0 Å². The fraction of sp³-hybridized carbons (Fsp3) is 1.00. The van der Waals surface area contributed by atoms with Crippen LogP contribution in [-0.4, -0.2) is 38.0 Å². The molecule has 18 heavy (non-hydrogen) atoms. The molecule has 2 rings (SSSR count). The molecule has 3 heteroatoms. The molecule has 0 heterocycles. The van der Waals surface area contributed by atoms with Crippen molar-refractivity contribution in [3.05, 3.63) is 0 Å². The maximum Gasteiger partial charge on any atom is 0.0671 e. The zero-order valence-electron chi connectivity index (χ0n) is 12.2. The molecule has 3 atom stereocenters. The Morgan fingerprint density at radius 2 is 1.94 bits per heavy atom. The van der Waals surface area contributed by atoms with Crippen LogP contribution in [0.4, 0.5) is 0 Å². The monoisotopic (exact) mass is 255 g/mol. The largest absolute Gasteiger partial charge is 0.378 e. The second-order valence-corrected chi connectivity index (χ2v) is 5.85. The van der Waals surface area contributed by atoms with Gasteiger partial charge >= 0.3 is 0 Å². The van der Waals surface area contributed by atoms with E-state index in [1.54, 1.807) is 0 Å². The third kappa shape index (κ3) is 2.73. The van der Waals surface area contributed by atoms with E-state index in [0.29, 0.717) is 23.7 Å². The van der Waals surface area contributed by atoms with Gasteiger partial charge in [0, 0.05) is 31.2 Å². The Hall–Kier alpha value is -0.120. The summed E-state index contributed by atoms with van der Waals surface area (Å²) in [4.78, 5) is 0. The summed E-state index contributed by atoms with van der Waals surface area (Å²) < 4.78 is 11.5. The molecule has 0 amide bonds. The maximum atomic E-state index is 5.93. The van der Waals surface area contributed by atoms with Gasteiger partial charge in [-0.1, -0.05) is 12.8 Å². The molecule has 0 saturated heterocycles. The van der Waals surface area contributed by atoms with Crippen molar-refractivity contribution in [1.29, 1.82) is 0 Å². The first-order chi connectivity index (χ1) is 8.73. The van der Waals surface area contributed by atoms with Crippen LogP contribution < -0.4 is 5.32 Å². The Labute approximate surface area is 112 Å². The molecule has 0 radical (unpaired) electrons. The lowest BCUT2D eigenvalue weighted by molar-refractivity contribution is -0.132. The minimum atomic E-state index is 0.319. The van der Waals surface area contributed by atoms with Crippen molar-refractivity contribution in [1.82, 2.24) is 5.32 Å². The third-order valence-corrected chi connectivity index (χ3v) is 4.79. The van der Waals surface area contributed by atoms with Crippen LogP contribution in [0.25, 0.3) is 0 Å². The number of ether oxygens (including phenoxy) is 2. The number of hydrogen-bond acceptors (Lipinski definition) is 3. The maximum absolute atomic E-state index is 5.93. The zero-order valence-corrected chi connectivity index (χ0v) is 12.2. The summed E-state index contributed by atoms with van der Waals surface area (Å²) in [7, 11) is 0. The molecule has 2 saturated carbocycles. The van der Waals surface area contributed by atoms with Crippen LogP contribution in [-0.2, 0) is 9.47 Å². The minimum absolute atomic E-state index is 0.319. The van der Waals surface area contributed by atoms with Crippen LogP contribution in [0.5, 0.6) is 0 Å². The van der Waals surface area contributed by atoms with Gasteiger partial charge in [0.05, 0.1) is 12.2 Å². The van der Waals surface area contributed by atoms with Gasteiger partial charge in [0.1, 0.15) is 0 Å². The Bertz CT molecular complexity index is 251. The van der Waals surface area contributed by atoms with Gasteiger partial charge in [0.2, 0.25) is 0 Å². The first-order valence-electron chi connectivity index (χ1n) is 7.69. The minimum Gasteiger partial charge on any atom is -0.378 e. The van der Waals surface area contributed by atoms with E-state index in [0.717, 1.165) is 19.8 Å². The molecule has 0 aromatic rings. The Kier molecular flexibility index (Phi) is 5.05. The number of hydrogen-bond donors (Lipinski definition) is 1. The molecule has 2 aliphatic rings. The molecule has 2 aliphatic carbocycles. The van der Waals surface area contributed by atoms with Gasteiger partial charge in [-0.3, -0.25) is 0 Å². The van der Waals surface area contributed by atoms with Gasteiger partial charge in [-0.2, -0.15) is 0 Å². The number of rotatable bonds is 7.